The van der Waals surface area contributed by atoms with Crippen molar-refractivity contribution in [3.8, 4) is 0 Å². The van der Waals surface area contributed by atoms with Gasteiger partial charge in [-0.3, -0.25) is 14.6 Å². The lowest BCUT2D eigenvalue weighted by Gasteiger charge is -2.34. The second kappa shape index (κ2) is 7.25. The van der Waals surface area contributed by atoms with E-state index in [2.05, 4.69) is 40.1 Å². The van der Waals surface area contributed by atoms with E-state index in [1.165, 1.54) is 31.2 Å². The average molecular weight is 302 g/mol. The summed E-state index contributed by atoms with van der Waals surface area (Å²) in [6.45, 7) is 4.48. The highest BCUT2D eigenvalue weighted by Gasteiger charge is 2.32. The largest absolute Gasteiger partial charge is 0.480 e. The van der Waals surface area contributed by atoms with Crippen molar-refractivity contribution in [2.45, 2.75) is 38.3 Å². The minimum Gasteiger partial charge on any atom is -0.480 e. The maximum Gasteiger partial charge on any atom is 0.317 e. The summed E-state index contributed by atoms with van der Waals surface area (Å²) >= 11 is 0. The Labute approximate surface area is 132 Å². The van der Waals surface area contributed by atoms with Gasteiger partial charge in [-0.2, -0.15) is 0 Å². The quantitative estimate of drug-likeness (QED) is 0.840. The topological polar surface area (TPSA) is 43.8 Å². The molecule has 0 radical (unpaired) electrons. The molecule has 0 bridgehead atoms. The first-order valence-electron chi connectivity index (χ1n) is 8.43. The van der Waals surface area contributed by atoms with E-state index in [1.807, 2.05) is 0 Å². The van der Waals surface area contributed by atoms with Crippen LogP contribution in [0, 0.1) is 5.92 Å². The molecule has 1 saturated heterocycles. The summed E-state index contributed by atoms with van der Waals surface area (Å²) in [6, 6.07) is 11.2. The standard InChI is InChI=1S/C18H26N2O2/c21-18(22)14-20(17-6-7-17)13-16-8-10-19(11-9-16)12-15-4-2-1-3-5-15/h1-5,16-17H,6-14H2,(H,21,22). The van der Waals surface area contributed by atoms with Crippen molar-refractivity contribution >= 4 is 5.97 Å². The molecule has 2 fully saturated rings. The van der Waals surface area contributed by atoms with Gasteiger partial charge in [0.15, 0.2) is 0 Å². The highest BCUT2D eigenvalue weighted by Crippen LogP contribution is 2.29. The first-order chi connectivity index (χ1) is 10.7. The third-order valence-corrected chi connectivity index (χ3v) is 4.85. The third-order valence-electron chi connectivity index (χ3n) is 4.85. The van der Waals surface area contributed by atoms with Gasteiger partial charge in [0.2, 0.25) is 0 Å². The third kappa shape index (κ3) is 4.55. The first kappa shape index (κ1) is 15.5. The molecule has 1 aliphatic heterocycles. The van der Waals surface area contributed by atoms with E-state index < -0.39 is 5.97 Å². The Hall–Kier alpha value is -1.39. The second-order valence-corrected chi connectivity index (χ2v) is 6.76. The maximum absolute atomic E-state index is 11.0. The van der Waals surface area contributed by atoms with Gasteiger partial charge in [-0.25, -0.2) is 0 Å². The van der Waals surface area contributed by atoms with E-state index in [0.29, 0.717) is 12.0 Å². The number of rotatable bonds is 7. The molecule has 0 unspecified atom stereocenters. The normalized spacial score (nSPS) is 20.4. The molecule has 22 heavy (non-hydrogen) atoms. The van der Waals surface area contributed by atoms with Gasteiger partial charge < -0.3 is 5.11 Å². The minimum absolute atomic E-state index is 0.217. The molecule has 1 N–H and O–H groups in total. The molecule has 1 aliphatic carbocycles. The monoisotopic (exact) mass is 302 g/mol. The fraction of sp³-hybridized carbons (Fsp3) is 0.611. The number of piperidine rings is 1. The van der Waals surface area contributed by atoms with Gasteiger partial charge in [-0.05, 0) is 50.3 Å². The predicted molar refractivity (Wildman–Crippen MR) is 86.7 cm³/mol. The van der Waals surface area contributed by atoms with Crippen LogP contribution in [0.4, 0.5) is 0 Å². The summed E-state index contributed by atoms with van der Waals surface area (Å²) in [5.41, 5.74) is 1.38. The van der Waals surface area contributed by atoms with Crippen LogP contribution >= 0.6 is 0 Å². The van der Waals surface area contributed by atoms with Crippen molar-refractivity contribution in [2.75, 3.05) is 26.2 Å². The second-order valence-electron chi connectivity index (χ2n) is 6.76. The number of aliphatic carboxylic acids is 1. The lowest BCUT2D eigenvalue weighted by molar-refractivity contribution is -0.138. The smallest absolute Gasteiger partial charge is 0.317 e. The molecule has 4 nitrogen and oxygen atoms in total. The molecule has 120 valence electrons. The predicted octanol–water partition coefficient (Wildman–Crippen LogP) is 2.45. The van der Waals surface area contributed by atoms with Gasteiger partial charge in [0.1, 0.15) is 0 Å². The molecular formula is C18H26N2O2. The number of nitrogens with zero attached hydrogens (tertiary/aromatic N) is 2. The Balaban J connectivity index is 1.44. The summed E-state index contributed by atoms with van der Waals surface area (Å²) < 4.78 is 0. The lowest BCUT2D eigenvalue weighted by Crippen LogP contribution is -2.41. The molecule has 0 spiro atoms. The van der Waals surface area contributed by atoms with Crippen LogP contribution in [0.15, 0.2) is 30.3 Å². The molecular weight excluding hydrogens is 276 g/mol. The van der Waals surface area contributed by atoms with Crippen LogP contribution in [0.3, 0.4) is 0 Å². The lowest BCUT2D eigenvalue weighted by atomic mass is 9.95. The zero-order chi connectivity index (χ0) is 15.4. The van der Waals surface area contributed by atoms with Crippen molar-refractivity contribution in [2.24, 2.45) is 5.92 Å². The molecule has 1 saturated carbocycles. The highest BCUT2D eigenvalue weighted by atomic mass is 16.4. The van der Waals surface area contributed by atoms with Crippen molar-refractivity contribution in [3.05, 3.63) is 35.9 Å². The number of likely N-dealkylation sites (tertiary alicyclic amines) is 1. The van der Waals surface area contributed by atoms with Crippen LogP contribution in [0.1, 0.15) is 31.2 Å². The molecule has 1 heterocycles. The van der Waals surface area contributed by atoms with E-state index in [-0.39, 0.29) is 6.54 Å². The van der Waals surface area contributed by atoms with Crippen LogP contribution < -0.4 is 0 Å². The molecule has 2 aliphatic rings. The van der Waals surface area contributed by atoms with Gasteiger partial charge in [0.25, 0.3) is 0 Å². The van der Waals surface area contributed by atoms with Gasteiger partial charge in [-0.1, -0.05) is 30.3 Å². The van der Waals surface area contributed by atoms with Crippen LogP contribution in [-0.4, -0.2) is 53.1 Å². The van der Waals surface area contributed by atoms with Crippen LogP contribution in [-0.2, 0) is 11.3 Å². The summed E-state index contributed by atoms with van der Waals surface area (Å²) in [5.74, 6) is -0.0274. The van der Waals surface area contributed by atoms with Crippen molar-refractivity contribution in [1.29, 1.82) is 0 Å². The molecule has 0 aromatic heterocycles. The van der Waals surface area contributed by atoms with Gasteiger partial charge in [0.05, 0.1) is 6.54 Å². The van der Waals surface area contributed by atoms with Gasteiger partial charge in [0, 0.05) is 19.1 Å². The maximum atomic E-state index is 11.0. The van der Waals surface area contributed by atoms with Crippen molar-refractivity contribution in [1.82, 2.24) is 9.80 Å². The van der Waals surface area contributed by atoms with Crippen molar-refractivity contribution < 1.29 is 9.90 Å². The van der Waals surface area contributed by atoms with Gasteiger partial charge >= 0.3 is 5.97 Å². The molecule has 3 rings (SSSR count). The van der Waals surface area contributed by atoms with E-state index in [9.17, 15) is 4.79 Å². The van der Waals surface area contributed by atoms with E-state index in [1.54, 1.807) is 0 Å². The number of hydrogen-bond donors (Lipinski definition) is 1. The fourth-order valence-electron chi connectivity index (χ4n) is 3.46. The van der Waals surface area contributed by atoms with Crippen LogP contribution in [0.5, 0.6) is 0 Å². The summed E-state index contributed by atoms with van der Waals surface area (Å²) in [4.78, 5) is 15.7. The Morgan fingerprint density at radius 3 is 2.41 bits per heavy atom. The van der Waals surface area contributed by atoms with Crippen molar-refractivity contribution in [3.63, 3.8) is 0 Å². The zero-order valence-corrected chi connectivity index (χ0v) is 13.2. The summed E-state index contributed by atoms with van der Waals surface area (Å²) in [5, 5.41) is 9.05. The van der Waals surface area contributed by atoms with E-state index >= 15 is 0 Å². The van der Waals surface area contributed by atoms with E-state index in [4.69, 9.17) is 5.11 Å². The Morgan fingerprint density at radius 2 is 1.82 bits per heavy atom. The Morgan fingerprint density at radius 1 is 1.14 bits per heavy atom. The summed E-state index contributed by atoms with van der Waals surface area (Å²) in [7, 11) is 0. The zero-order valence-electron chi connectivity index (χ0n) is 13.2. The first-order valence-corrected chi connectivity index (χ1v) is 8.43. The van der Waals surface area contributed by atoms with Crippen LogP contribution in [0.25, 0.3) is 0 Å². The number of hydrogen-bond acceptors (Lipinski definition) is 3. The Kier molecular flexibility index (Phi) is 5.11. The molecule has 0 atom stereocenters. The minimum atomic E-state index is -0.687. The van der Waals surface area contributed by atoms with Gasteiger partial charge in [-0.15, -0.1) is 0 Å². The fourth-order valence-corrected chi connectivity index (χ4v) is 3.46. The molecule has 1 aromatic carbocycles. The Bertz CT molecular complexity index is 479. The number of benzene rings is 1. The summed E-state index contributed by atoms with van der Waals surface area (Å²) in [6.07, 6.45) is 4.74. The highest BCUT2D eigenvalue weighted by molar-refractivity contribution is 5.69. The molecule has 0 amide bonds. The number of carbonyl (C=O) groups is 1. The number of carboxylic acid groups (broad SMARTS) is 1. The average Bonchev–Trinajstić information content (AvgIpc) is 3.34. The van der Waals surface area contributed by atoms with Crippen LogP contribution in [0.2, 0.25) is 0 Å². The SMILES string of the molecule is O=C(O)CN(CC1CCN(Cc2ccccc2)CC1)C1CC1. The van der Waals surface area contributed by atoms with E-state index in [0.717, 1.165) is 26.2 Å². The number of carboxylic acids is 1. The molecule has 1 aromatic rings. The molecule has 4 heteroatoms.